The normalized spacial score (nSPS) is 10.5. The van der Waals surface area contributed by atoms with Crippen molar-refractivity contribution in [1.29, 1.82) is 0 Å². The molecular weight excluding hydrogens is 272 g/mol. The van der Waals surface area contributed by atoms with Crippen LogP contribution in [0.15, 0.2) is 31.1 Å². The maximum atomic E-state index is 12.0. The van der Waals surface area contributed by atoms with Gasteiger partial charge in [0, 0.05) is 23.8 Å². The summed E-state index contributed by atoms with van der Waals surface area (Å²) in [5, 5.41) is 4.23. The number of hydrogen-bond acceptors (Lipinski definition) is 4. The fraction of sp³-hybridized carbons (Fsp3) is 0.357. The van der Waals surface area contributed by atoms with Gasteiger partial charge in [-0.3, -0.25) is 9.48 Å². The third-order valence-electron chi connectivity index (χ3n) is 3.13. The van der Waals surface area contributed by atoms with Gasteiger partial charge in [-0.15, -0.1) is 0 Å². The van der Waals surface area contributed by atoms with E-state index in [-0.39, 0.29) is 5.91 Å². The highest BCUT2D eigenvalue weighted by Gasteiger charge is 2.16. The highest BCUT2D eigenvalue weighted by molar-refractivity contribution is 7.05. The smallest absolute Gasteiger partial charge is 0.246 e. The van der Waals surface area contributed by atoms with Crippen LogP contribution in [0.4, 0.5) is 0 Å². The Morgan fingerprint density at radius 3 is 2.95 bits per heavy atom. The second-order valence-electron chi connectivity index (χ2n) is 4.47. The minimum atomic E-state index is -0.0818. The van der Waals surface area contributed by atoms with Crippen LogP contribution in [0.5, 0.6) is 0 Å². The van der Waals surface area contributed by atoms with Gasteiger partial charge in [-0.1, -0.05) is 6.58 Å². The lowest BCUT2D eigenvalue weighted by molar-refractivity contribution is -0.127. The van der Waals surface area contributed by atoms with Gasteiger partial charge in [-0.2, -0.15) is 5.10 Å². The van der Waals surface area contributed by atoms with E-state index < -0.39 is 0 Å². The van der Waals surface area contributed by atoms with Gasteiger partial charge in [0.2, 0.25) is 5.91 Å². The van der Waals surface area contributed by atoms with E-state index >= 15 is 0 Å². The van der Waals surface area contributed by atoms with Crippen LogP contribution in [0.3, 0.4) is 0 Å². The van der Waals surface area contributed by atoms with Crippen molar-refractivity contribution < 1.29 is 4.79 Å². The maximum Gasteiger partial charge on any atom is 0.246 e. The first-order valence-corrected chi connectivity index (χ1v) is 7.25. The Hall–Kier alpha value is -1.95. The molecule has 0 N–H and O–H groups in total. The first-order chi connectivity index (χ1) is 9.65. The number of rotatable bonds is 6. The second kappa shape index (κ2) is 6.47. The van der Waals surface area contributed by atoms with Gasteiger partial charge in [0.1, 0.15) is 0 Å². The molecule has 0 saturated heterocycles. The lowest BCUT2D eigenvalue weighted by Gasteiger charge is -2.21. The van der Waals surface area contributed by atoms with Crippen LogP contribution < -0.4 is 0 Å². The van der Waals surface area contributed by atoms with Crippen LogP contribution in [-0.2, 0) is 24.4 Å². The summed E-state index contributed by atoms with van der Waals surface area (Å²) in [6.45, 7) is 9.48. The highest BCUT2D eigenvalue weighted by atomic mass is 32.1. The molecule has 6 heteroatoms. The van der Waals surface area contributed by atoms with E-state index in [0.29, 0.717) is 13.1 Å². The minimum Gasteiger partial charge on any atom is -0.328 e. The van der Waals surface area contributed by atoms with Crippen molar-refractivity contribution in [3.63, 3.8) is 0 Å². The van der Waals surface area contributed by atoms with Crippen LogP contribution in [0, 0.1) is 6.92 Å². The van der Waals surface area contributed by atoms with Gasteiger partial charge < -0.3 is 4.90 Å². The Balaban J connectivity index is 2.18. The van der Waals surface area contributed by atoms with Crippen molar-refractivity contribution in [2.75, 3.05) is 0 Å². The molecule has 0 aliphatic rings. The summed E-state index contributed by atoms with van der Waals surface area (Å²) in [6.07, 6.45) is 4.93. The molecule has 0 aliphatic heterocycles. The Bertz CT molecular complexity index is 602. The zero-order chi connectivity index (χ0) is 14.5. The number of amides is 1. The van der Waals surface area contributed by atoms with E-state index in [1.165, 1.54) is 17.6 Å². The summed E-state index contributed by atoms with van der Waals surface area (Å²) in [7, 11) is 0. The number of nitrogens with zero attached hydrogens (tertiary/aromatic N) is 4. The molecule has 0 aromatic carbocycles. The van der Waals surface area contributed by atoms with Gasteiger partial charge in [0.15, 0.2) is 0 Å². The molecule has 0 saturated carbocycles. The predicted molar refractivity (Wildman–Crippen MR) is 79.2 cm³/mol. The minimum absolute atomic E-state index is 0.0818. The van der Waals surface area contributed by atoms with E-state index in [1.807, 2.05) is 30.8 Å². The average Bonchev–Trinajstić information content (AvgIpc) is 3.06. The van der Waals surface area contributed by atoms with E-state index in [9.17, 15) is 4.79 Å². The Morgan fingerprint density at radius 2 is 2.35 bits per heavy atom. The molecule has 0 radical (unpaired) electrons. The van der Waals surface area contributed by atoms with Gasteiger partial charge in [0.05, 0.1) is 18.8 Å². The number of carbonyl (C=O) groups excluding carboxylic acids is 1. The predicted octanol–water partition coefficient (Wildman–Crippen LogP) is 2.38. The van der Waals surface area contributed by atoms with Gasteiger partial charge in [0.25, 0.3) is 0 Å². The van der Waals surface area contributed by atoms with Crippen molar-refractivity contribution in [2.24, 2.45) is 0 Å². The molecule has 2 aromatic heterocycles. The molecule has 0 bridgehead atoms. The Morgan fingerprint density at radius 1 is 1.55 bits per heavy atom. The van der Waals surface area contributed by atoms with Crippen LogP contribution in [0.2, 0.25) is 0 Å². The van der Waals surface area contributed by atoms with Crippen LogP contribution in [0.1, 0.15) is 23.1 Å². The molecule has 0 unspecified atom stereocenters. The maximum absolute atomic E-state index is 12.0. The Kier molecular flexibility index (Phi) is 4.68. The zero-order valence-corrected chi connectivity index (χ0v) is 12.6. The first-order valence-electron chi connectivity index (χ1n) is 6.47. The third-order valence-corrected chi connectivity index (χ3v) is 4.01. The summed E-state index contributed by atoms with van der Waals surface area (Å²) in [6, 6.07) is 1.94. The first kappa shape index (κ1) is 14.5. The fourth-order valence-electron chi connectivity index (χ4n) is 1.96. The molecule has 1 amide bonds. The lowest BCUT2D eigenvalue weighted by atomic mass is 10.2. The van der Waals surface area contributed by atoms with E-state index in [2.05, 4.69) is 16.1 Å². The SMILES string of the molecule is C=CC(=O)N(Cc1sncc1C)Cc1ccnn1CC. The van der Waals surface area contributed by atoms with E-state index in [4.69, 9.17) is 0 Å². The number of aromatic nitrogens is 3. The number of aryl methyl sites for hydroxylation is 2. The largest absolute Gasteiger partial charge is 0.328 e. The van der Waals surface area contributed by atoms with Crippen LogP contribution in [-0.4, -0.2) is 25.0 Å². The molecule has 2 rings (SSSR count). The van der Waals surface area contributed by atoms with Gasteiger partial charge >= 0.3 is 0 Å². The summed E-state index contributed by atoms with van der Waals surface area (Å²) >= 11 is 1.43. The summed E-state index contributed by atoms with van der Waals surface area (Å²) in [5.74, 6) is -0.0818. The standard InChI is InChI=1S/C14H18N4OS/c1-4-14(19)17(10-13-11(3)8-16-20-13)9-12-6-7-15-18(12)5-2/h4,6-8H,1,5,9-10H2,2-3H3. The molecule has 0 atom stereocenters. The molecule has 0 aliphatic carbocycles. The van der Waals surface area contributed by atoms with Crippen molar-refractivity contribution in [3.05, 3.63) is 47.2 Å². The van der Waals surface area contributed by atoms with Crippen LogP contribution >= 0.6 is 11.5 Å². The molecule has 2 aromatic rings. The molecule has 0 fully saturated rings. The molecular formula is C14H18N4OS. The number of carbonyl (C=O) groups is 1. The topological polar surface area (TPSA) is 51.0 Å². The molecule has 106 valence electrons. The van der Waals surface area contributed by atoms with Gasteiger partial charge in [-0.05, 0) is 43.1 Å². The fourth-order valence-corrected chi connectivity index (χ4v) is 2.70. The second-order valence-corrected chi connectivity index (χ2v) is 5.35. The Labute approximate surface area is 122 Å². The quantitative estimate of drug-likeness (QED) is 0.768. The average molecular weight is 290 g/mol. The summed E-state index contributed by atoms with van der Waals surface area (Å²) < 4.78 is 6.04. The summed E-state index contributed by atoms with van der Waals surface area (Å²) in [5.41, 5.74) is 2.13. The van der Waals surface area contributed by atoms with E-state index in [1.54, 1.807) is 11.1 Å². The number of hydrogen-bond donors (Lipinski definition) is 0. The van der Waals surface area contributed by atoms with Crippen molar-refractivity contribution in [3.8, 4) is 0 Å². The van der Waals surface area contributed by atoms with Crippen molar-refractivity contribution in [2.45, 2.75) is 33.5 Å². The van der Waals surface area contributed by atoms with E-state index in [0.717, 1.165) is 22.7 Å². The molecule has 20 heavy (non-hydrogen) atoms. The highest BCUT2D eigenvalue weighted by Crippen LogP contribution is 2.17. The third kappa shape index (κ3) is 3.14. The molecule has 0 spiro atoms. The summed E-state index contributed by atoms with van der Waals surface area (Å²) in [4.78, 5) is 14.9. The molecule has 2 heterocycles. The van der Waals surface area contributed by atoms with Crippen LogP contribution in [0.25, 0.3) is 0 Å². The molecule has 5 nitrogen and oxygen atoms in total. The lowest BCUT2D eigenvalue weighted by Crippen LogP contribution is -2.29. The van der Waals surface area contributed by atoms with Crippen molar-refractivity contribution in [1.82, 2.24) is 19.1 Å². The van der Waals surface area contributed by atoms with Gasteiger partial charge in [-0.25, -0.2) is 4.37 Å². The zero-order valence-electron chi connectivity index (χ0n) is 11.7. The van der Waals surface area contributed by atoms with Crippen molar-refractivity contribution >= 4 is 17.4 Å². The monoisotopic (exact) mass is 290 g/mol.